The van der Waals surface area contributed by atoms with Gasteiger partial charge in [-0.05, 0) is 12.3 Å². The van der Waals surface area contributed by atoms with Gasteiger partial charge in [-0.3, -0.25) is 4.79 Å². The van der Waals surface area contributed by atoms with Crippen molar-refractivity contribution in [2.75, 3.05) is 18.5 Å². The van der Waals surface area contributed by atoms with E-state index in [2.05, 4.69) is 20.7 Å². The number of cyclic esters (lactones) is 1. The maximum absolute atomic E-state index is 11.6. The predicted octanol–water partition coefficient (Wildman–Crippen LogP) is 1.78. The number of nitrogens with zero attached hydrogens (tertiary/aromatic N) is 1. The van der Waals surface area contributed by atoms with E-state index >= 15 is 0 Å². The first-order chi connectivity index (χ1) is 6.65. The van der Waals surface area contributed by atoms with Gasteiger partial charge in [0.05, 0.1) is 6.54 Å². The molecule has 0 N–H and O–H groups in total. The fourth-order valence-corrected chi connectivity index (χ4v) is 2.10. The van der Waals surface area contributed by atoms with Crippen molar-refractivity contribution in [1.82, 2.24) is 4.90 Å². The van der Waals surface area contributed by atoms with Gasteiger partial charge < -0.3 is 4.74 Å². The third-order valence-electron chi connectivity index (χ3n) is 2.19. The number of hydrogen-bond acceptors (Lipinski definition) is 3. The van der Waals surface area contributed by atoms with Crippen LogP contribution >= 0.6 is 15.9 Å². The molecule has 14 heavy (non-hydrogen) atoms. The van der Waals surface area contributed by atoms with Crippen molar-refractivity contribution in [3.63, 3.8) is 0 Å². The van der Waals surface area contributed by atoms with Gasteiger partial charge in [-0.2, -0.15) is 0 Å². The lowest BCUT2D eigenvalue weighted by Gasteiger charge is -2.13. The first kappa shape index (κ1) is 11.5. The number of halogens is 1. The van der Waals surface area contributed by atoms with Crippen LogP contribution in [0.15, 0.2) is 0 Å². The maximum atomic E-state index is 11.6. The molecule has 0 spiro atoms. The molecule has 0 saturated carbocycles. The molecule has 0 aromatic rings. The molecule has 0 aliphatic carbocycles. The van der Waals surface area contributed by atoms with E-state index in [4.69, 9.17) is 0 Å². The molecule has 4 nitrogen and oxygen atoms in total. The maximum Gasteiger partial charge on any atom is 0.416 e. The highest BCUT2D eigenvalue weighted by Gasteiger charge is 2.28. The van der Waals surface area contributed by atoms with E-state index in [0.717, 1.165) is 11.8 Å². The van der Waals surface area contributed by atoms with Crippen molar-refractivity contribution in [2.24, 2.45) is 5.92 Å². The van der Waals surface area contributed by atoms with Crippen LogP contribution in [0.2, 0.25) is 0 Å². The first-order valence-corrected chi connectivity index (χ1v) is 5.80. The van der Waals surface area contributed by atoms with Crippen molar-refractivity contribution in [3.05, 3.63) is 0 Å². The highest BCUT2D eigenvalue weighted by Crippen LogP contribution is 2.13. The number of alkyl halides is 1. The minimum atomic E-state index is -0.499. The molecule has 1 rings (SSSR count). The molecule has 0 aromatic heterocycles. The summed E-state index contributed by atoms with van der Waals surface area (Å²) in [5.74, 6) is 0.177. The minimum Gasteiger partial charge on any atom is -0.447 e. The van der Waals surface area contributed by atoms with Gasteiger partial charge in [0, 0.05) is 11.8 Å². The molecular weight excluding hydrogens is 250 g/mol. The smallest absolute Gasteiger partial charge is 0.416 e. The Labute approximate surface area is 91.7 Å². The fourth-order valence-electron chi connectivity index (χ4n) is 1.32. The van der Waals surface area contributed by atoms with E-state index in [-0.39, 0.29) is 5.91 Å². The largest absolute Gasteiger partial charge is 0.447 e. The van der Waals surface area contributed by atoms with E-state index in [1.165, 1.54) is 4.90 Å². The van der Waals surface area contributed by atoms with Crippen molar-refractivity contribution >= 4 is 27.9 Å². The van der Waals surface area contributed by atoms with Crippen LogP contribution < -0.4 is 0 Å². The van der Waals surface area contributed by atoms with Crippen LogP contribution in [0, 0.1) is 5.92 Å². The monoisotopic (exact) mass is 263 g/mol. The van der Waals surface area contributed by atoms with Crippen LogP contribution in [-0.2, 0) is 9.53 Å². The molecule has 1 aliphatic rings. The number of amides is 2. The third kappa shape index (κ3) is 2.97. The normalized spacial score (nSPS) is 18.1. The average Bonchev–Trinajstić information content (AvgIpc) is 2.51. The highest BCUT2D eigenvalue weighted by molar-refractivity contribution is 9.09. The van der Waals surface area contributed by atoms with Crippen LogP contribution in [0.1, 0.15) is 19.8 Å². The van der Waals surface area contributed by atoms with E-state index in [1.807, 2.05) is 6.92 Å². The molecule has 0 bridgehead atoms. The summed E-state index contributed by atoms with van der Waals surface area (Å²) in [5.41, 5.74) is 0. The minimum absolute atomic E-state index is 0.124. The summed E-state index contributed by atoms with van der Waals surface area (Å²) < 4.78 is 4.69. The Morgan fingerprint density at radius 1 is 1.71 bits per heavy atom. The topological polar surface area (TPSA) is 46.6 Å². The average molecular weight is 264 g/mol. The lowest BCUT2D eigenvalue weighted by molar-refractivity contribution is -0.128. The SMILES string of the molecule is C[C@@H](CCBr)CC(=O)N1CCOC1=O. The van der Waals surface area contributed by atoms with Crippen LogP contribution in [0.5, 0.6) is 0 Å². The van der Waals surface area contributed by atoms with Gasteiger partial charge >= 0.3 is 6.09 Å². The summed E-state index contributed by atoms with van der Waals surface area (Å²) in [6.45, 7) is 2.73. The number of ether oxygens (including phenoxy) is 1. The van der Waals surface area contributed by atoms with Crippen LogP contribution in [0.4, 0.5) is 4.79 Å². The van der Waals surface area contributed by atoms with Gasteiger partial charge in [0.1, 0.15) is 6.61 Å². The summed E-state index contributed by atoms with van der Waals surface area (Å²) in [4.78, 5) is 23.8. The van der Waals surface area contributed by atoms with Gasteiger partial charge in [0.15, 0.2) is 0 Å². The molecule has 0 radical (unpaired) electrons. The first-order valence-electron chi connectivity index (χ1n) is 4.68. The van der Waals surface area contributed by atoms with Gasteiger partial charge in [-0.15, -0.1) is 0 Å². The van der Waals surface area contributed by atoms with Crippen molar-refractivity contribution < 1.29 is 14.3 Å². The summed E-state index contributed by atoms with van der Waals surface area (Å²) >= 11 is 3.32. The number of rotatable bonds is 4. The quantitative estimate of drug-likeness (QED) is 0.727. The standard InChI is InChI=1S/C9H14BrNO3/c1-7(2-3-10)6-8(12)11-4-5-14-9(11)13/h7H,2-6H2,1H3/t7-/m0/s1. The third-order valence-corrected chi connectivity index (χ3v) is 2.64. The molecule has 1 heterocycles. The van der Waals surface area contributed by atoms with Gasteiger partial charge in [-0.25, -0.2) is 9.69 Å². The predicted molar refractivity (Wildman–Crippen MR) is 55.3 cm³/mol. The molecule has 1 aliphatic heterocycles. The Morgan fingerprint density at radius 2 is 2.43 bits per heavy atom. The van der Waals surface area contributed by atoms with Gasteiger partial charge in [-0.1, -0.05) is 22.9 Å². The number of carbonyl (C=O) groups is 2. The van der Waals surface area contributed by atoms with E-state index in [9.17, 15) is 9.59 Å². The van der Waals surface area contributed by atoms with E-state index in [1.54, 1.807) is 0 Å². The van der Waals surface area contributed by atoms with Crippen molar-refractivity contribution in [2.45, 2.75) is 19.8 Å². The number of carbonyl (C=O) groups excluding carboxylic acids is 2. The Bertz CT molecular complexity index is 232. The molecule has 0 unspecified atom stereocenters. The molecule has 1 saturated heterocycles. The van der Waals surface area contributed by atoms with Gasteiger partial charge in [0.2, 0.25) is 5.91 Å². The zero-order valence-corrected chi connectivity index (χ0v) is 9.75. The molecule has 80 valence electrons. The van der Waals surface area contributed by atoms with E-state index < -0.39 is 6.09 Å². The number of hydrogen-bond donors (Lipinski definition) is 0. The zero-order valence-electron chi connectivity index (χ0n) is 8.16. The van der Waals surface area contributed by atoms with Crippen LogP contribution in [0.3, 0.4) is 0 Å². The Balaban J connectivity index is 2.37. The van der Waals surface area contributed by atoms with Crippen molar-refractivity contribution in [1.29, 1.82) is 0 Å². The van der Waals surface area contributed by atoms with Crippen molar-refractivity contribution in [3.8, 4) is 0 Å². The molecular formula is C9H14BrNO3. The Hall–Kier alpha value is -0.580. The molecule has 1 atom stereocenters. The lowest BCUT2D eigenvalue weighted by atomic mass is 10.0. The summed E-state index contributed by atoms with van der Waals surface area (Å²) in [5, 5.41) is 0.881. The van der Waals surface area contributed by atoms with Gasteiger partial charge in [0.25, 0.3) is 0 Å². The molecule has 0 aromatic carbocycles. The molecule has 1 fully saturated rings. The van der Waals surface area contributed by atoms with Crippen LogP contribution in [-0.4, -0.2) is 35.4 Å². The van der Waals surface area contributed by atoms with E-state index in [0.29, 0.717) is 25.5 Å². The Morgan fingerprint density at radius 3 is 2.93 bits per heavy atom. The van der Waals surface area contributed by atoms with Crippen LogP contribution in [0.25, 0.3) is 0 Å². The molecule has 2 amide bonds. The summed E-state index contributed by atoms with van der Waals surface area (Å²) in [6.07, 6.45) is 0.857. The summed E-state index contributed by atoms with van der Waals surface area (Å²) in [7, 11) is 0. The lowest BCUT2D eigenvalue weighted by Crippen LogP contribution is -2.32. The second-order valence-corrected chi connectivity index (χ2v) is 4.24. The molecule has 5 heteroatoms. The zero-order chi connectivity index (χ0) is 10.6. The summed E-state index contributed by atoms with van der Waals surface area (Å²) in [6, 6.07) is 0. The Kier molecular flexibility index (Phi) is 4.38. The number of imide groups is 1. The second-order valence-electron chi connectivity index (χ2n) is 3.45. The second kappa shape index (κ2) is 5.34. The fraction of sp³-hybridized carbons (Fsp3) is 0.778. The highest BCUT2D eigenvalue weighted by atomic mass is 79.9.